The second-order valence-electron chi connectivity index (χ2n) is 5.75. The lowest BCUT2D eigenvalue weighted by atomic mass is 9.84. The van der Waals surface area contributed by atoms with Gasteiger partial charge in [-0.3, -0.25) is 4.90 Å². The van der Waals surface area contributed by atoms with Crippen LogP contribution in [0.3, 0.4) is 0 Å². The minimum atomic E-state index is -0.0131. The normalized spacial score (nSPS) is 26.4. The van der Waals surface area contributed by atoms with E-state index in [0.29, 0.717) is 4.99 Å². The minimum Gasteiger partial charge on any atom is -0.392 e. The van der Waals surface area contributed by atoms with Gasteiger partial charge in [-0.05, 0) is 25.9 Å². The first-order chi connectivity index (χ1) is 9.12. The first-order valence-corrected chi connectivity index (χ1v) is 8.03. The molecule has 2 aliphatic heterocycles. The van der Waals surface area contributed by atoms with Crippen LogP contribution >= 0.6 is 12.2 Å². The Balaban J connectivity index is 2.03. The van der Waals surface area contributed by atoms with Gasteiger partial charge in [0, 0.05) is 39.3 Å². The van der Waals surface area contributed by atoms with Crippen LogP contribution in [0.15, 0.2) is 0 Å². The van der Waals surface area contributed by atoms with Crippen LogP contribution < -0.4 is 5.73 Å². The van der Waals surface area contributed by atoms with E-state index in [1.165, 1.54) is 0 Å². The fourth-order valence-electron chi connectivity index (χ4n) is 3.45. The van der Waals surface area contributed by atoms with Gasteiger partial charge in [-0.1, -0.05) is 26.1 Å². The van der Waals surface area contributed by atoms with Gasteiger partial charge in [-0.2, -0.15) is 0 Å². The van der Waals surface area contributed by atoms with Crippen molar-refractivity contribution in [2.24, 2.45) is 5.73 Å². The second kappa shape index (κ2) is 6.48. The molecule has 4 nitrogen and oxygen atoms in total. The molecule has 2 aliphatic rings. The first-order valence-electron chi connectivity index (χ1n) is 7.62. The summed E-state index contributed by atoms with van der Waals surface area (Å²) in [4.78, 5) is 8.28. The molecule has 19 heavy (non-hydrogen) atoms. The standard InChI is InChI=1S/C14H28N4S/c1-3-16-7-5-14(6-8-16,13(15)19)18-11-9-17(4-2)10-12-18/h3-12H2,1-2H3,(H2,15,19). The number of hydrogen-bond donors (Lipinski definition) is 1. The number of likely N-dealkylation sites (tertiary alicyclic amines) is 1. The summed E-state index contributed by atoms with van der Waals surface area (Å²) < 4.78 is 0. The number of hydrogen-bond acceptors (Lipinski definition) is 4. The van der Waals surface area contributed by atoms with Crippen LogP contribution in [-0.2, 0) is 0 Å². The van der Waals surface area contributed by atoms with E-state index >= 15 is 0 Å². The van der Waals surface area contributed by atoms with Gasteiger partial charge in [0.25, 0.3) is 0 Å². The zero-order chi connectivity index (χ0) is 13.9. The van der Waals surface area contributed by atoms with Crippen molar-refractivity contribution in [1.82, 2.24) is 14.7 Å². The molecule has 5 heteroatoms. The summed E-state index contributed by atoms with van der Waals surface area (Å²) >= 11 is 5.45. The van der Waals surface area contributed by atoms with E-state index in [2.05, 4.69) is 28.5 Å². The number of piperidine rings is 1. The quantitative estimate of drug-likeness (QED) is 0.772. The maximum atomic E-state index is 6.14. The van der Waals surface area contributed by atoms with Crippen LogP contribution in [0.2, 0.25) is 0 Å². The zero-order valence-corrected chi connectivity index (χ0v) is 13.2. The average molecular weight is 284 g/mol. The fraction of sp³-hybridized carbons (Fsp3) is 0.929. The summed E-state index contributed by atoms with van der Waals surface area (Å²) in [6, 6.07) is 0. The molecule has 0 atom stereocenters. The van der Waals surface area contributed by atoms with Gasteiger partial charge in [0.15, 0.2) is 0 Å². The van der Waals surface area contributed by atoms with Crippen LogP contribution in [0.1, 0.15) is 26.7 Å². The van der Waals surface area contributed by atoms with Gasteiger partial charge >= 0.3 is 0 Å². The van der Waals surface area contributed by atoms with Gasteiger partial charge in [0.1, 0.15) is 0 Å². The Morgan fingerprint density at radius 1 is 0.947 bits per heavy atom. The molecule has 0 unspecified atom stereocenters. The Bertz CT molecular complexity index is 305. The van der Waals surface area contributed by atoms with Crippen molar-refractivity contribution in [2.75, 3.05) is 52.4 Å². The molecular formula is C14H28N4S. The van der Waals surface area contributed by atoms with E-state index in [4.69, 9.17) is 18.0 Å². The Morgan fingerprint density at radius 2 is 1.42 bits per heavy atom. The molecule has 0 aromatic heterocycles. The highest BCUT2D eigenvalue weighted by Gasteiger charge is 2.42. The van der Waals surface area contributed by atoms with Crippen LogP contribution in [0.5, 0.6) is 0 Å². The molecule has 2 fully saturated rings. The third kappa shape index (κ3) is 3.10. The van der Waals surface area contributed by atoms with E-state index in [1.807, 2.05) is 0 Å². The van der Waals surface area contributed by atoms with Crippen LogP contribution in [0, 0.1) is 0 Å². The molecule has 2 rings (SSSR count). The number of nitrogens with two attached hydrogens (primary N) is 1. The van der Waals surface area contributed by atoms with Gasteiger partial charge in [0.2, 0.25) is 0 Å². The van der Waals surface area contributed by atoms with E-state index in [0.717, 1.165) is 65.2 Å². The number of thiocarbonyl (C=S) groups is 1. The highest BCUT2D eigenvalue weighted by atomic mass is 32.1. The lowest BCUT2D eigenvalue weighted by molar-refractivity contribution is 0.0317. The molecule has 0 aromatic rings. The van der Waals surface area contributed by atoms with E-state index in [-0.39, 0.29) is 5.54 Å². The second-order valence-corrected chi connectivity index (χ2v) is 6.19. The first kappa shape index (κ1) is 15.2. The highest BCUT2D eigenvalue weighted by Crippen LogP contribution is 2.30. The predicted octanol–water partition coefficient (Wildman–Crippen LogP) is 0.765. The number of nitrogens with zero attached hydrogens (tertiary/aromatic N) is 3. The Kier molecular flexibility index (Phi) is 5.17. The van der Waals surface area contributed by atoms with E-state index < -0.39 is 0 Å². The molecular weight excluding hydrogens is 256 g/mol. The highest BCUT2D eigenvalue weighted by molar-refractivity contribution is 7.80. The topological polar surface area (TPSA) is 35.7 Å². The Labute approximate surface area is 122 Å². The summed E-state index contributed by atoms with van der Waals surface area (Å²) in [5.41, 5.74) is 6.13. The number of likely N-dealkylation sites (N-methyl/N-ethyl adjacent to an activating group) is 1. The Hall–Kier alpha value is -0.230. The maximum Gasteiger partial charge on any atom is 0.0935 e. The van der Waals surface area contributed by atoms with Crippen molar-refractivity contribution in [1.29, 1.82) is 0 Å². The van der Waals surface area contributed by atoms with E-state index in [1.54, 1.807) is 0 Å². The molecule has 0 radical (unpaired) electrons. The van der Waals surface area contributed by atoms with Crippen molar-refractivity contribution in [3.8, 4) is 0 Å². The molecule has 2 heterocycles. The average Bonchev–Trinajstić information content (AvgIpc) is 2.47. The number of piperazine rings is 1. The largest absolute Gasteiger partial charge is 0.392 e. The van der Waals surface area contributed by atoms with Gasteiger partial charge in [-0.15, -0.1) is 0 Å². The fourth-order valence-corrected chi connectivity index (χ4v) is 3.78. The predicted molar refractivity (Wildman–Crippen MR) is 84.6 cm³/mol. The summed E-state index contributed by atoms with van der Waals surface area (Å²) in [5, 5.41) is 0. The molecule has 0 saturated carbocycles. The van der Waals surface area contributed by atoms with Crippen molar-refractivity contribution in [2.45, 2.75) is 32.2 Å². The lowest BCUT2D eigenvalue weighted by Gasteiger charge is -2.50. The van der Waals surface area contributed by atoms with Crippen molar-refractivity contribution < 1.29 is 0 Å². The summed E-state index contributed by atoms with van der Waals surface area (Å²) in [6.07, 6.45) is 2.20. The van der Waals surface area contributed by atoms with Crippen LogP contribution in [0.25, 0.3) is 0 Å². The molecule has 0 aromatic carbocycles. The van der Waals surface area contributed by atoms with Crippen LogP contribution in [-0.4, -0.2) is 77.6 Å². The minimum absolute atomic E-state index is 0.0131. The third-order valence-corrected chi connectivity index (χ3v) is 5.39. The Morgan fingerprint density at radius 3 is 1.84 bits per heavy atom. The van der Waals surface area contributed by atoms with Gasteiger partial charge in [-0.25, -0.2) is 0 Å². The zero-order valence-electron chi connectivity index (χ0n) is 12.4. The molecule has 0 amide bonds. The van der Waals surface area contributed by atoms with Gasteiger partial charge in [0.05, 0.1) is 10.5 Å². The lowest BCUT2D eigenvalue weighted by Crippen LogP contribution is -2.65. The molecule has 110 valence electrons. The summed E-state index contributed by atoms with van der Waals surface area (Å²) in [7, 11) is 0. The molecule has 0 spiro atoms. The van der Waals surface area contributed by atoms with Crippen molar-refractivity contribution in [3.63, 3.8) is 0 Å². The van der Waals surface area contributed by atoms with Gasteiger partial charge < -0.3 is 15.5 Å². The molecule has 0 aliphatic carbocycles. The molecule has 2 saturated heterocycles. The SMILES string of the molecule is CCN1CCN(C2(C(N)=S)CCN(CC)CC2)CC1. The maximum absolute atomic E-state index is 6.14. The summed E-state index contributed by atoms with van der Waals surface area (Å²) in [6.45, 7) is 13.5. The molecule has 0 bridgehead atoms. The van der Waals surface area contributed by atoms with Crippen molar-refractivity contribution in [3.05, 3.63) is 0 Å². The molecule has 2 N–H and O–H groups in total. The van der Waals surface area contributed by atoms with E-state index in [9.17, 15) is 0 Å². The number of rotatable bonds is 4. The third-order valence-electron chi connectivity index (χ3n) is 5.01. The summed E-state index contributed by atoms with van der Waals surface area (Å²) in [5.74, 6) is 0. The van der Waals surface area contributed by atoms with Crippen LogP contribution in [0.4, 0.5) is 0 Å². The van der Waals surface area contributed by atoms with Crippen molar-refractivity contribution >= 4 is 17.2 Å². The smallest absolute Gasteiger partial charge is 0.0935 e. The monoisotopic (exact) mass is 284 g/mol.